The summed E-state index contributed by atoms with van der Waals surface area (Å²) in [6.45, 7) is 11.6. The van der Waals surface area contributed by atoms with Gasteiger partial charge in [-0.1, -0.05) is 64.1 Å². The van der Waals surface area contributed by atoms with Crippen LogP contribution in [-0.4, -0.2) is 0 Å². The van der Waals surface area contributed by atoms with Gasteiger partial charge in [-0.3, -0.25) is 0 Å². The number of hydrogen-bond donors (Lipinski definition) is 0. The second kappa shape index (κ2) is 5.73. The molecule has 0 N–H and O–H groups in total. The molecule has 0 fully saturated rings. The van der Waals surface area contributed by atoms with Gasteiger partial charge in [-0.25, -0.2) is 0 Å². The number of hydrogen-bond acceptors (Lipinski definition) is 1. The molecule has 0 amide bonds. The molecule has 0 radical (unpaired) electrons. The van der Waals surface area contributed by atoms with Crippen LogP contribution in [0.3, 0.4) is 0 Å². The van der Waals surface area contributed by atoms with Crippen molar-refractivity contribution in [3.05, 3.63) is 82.3 Å². The van der Waals surface area contributed by atoms with Crippen molar-refractivity contribution in [2.45, 2.75) is 58.3 Å². The average molecular weight is 369 g/mol. The van der Waals surface area contributed by atoms with Gasteiger partial charge in [-0.05, 0) is 81.3 Å². The molecule has 1 heterocycles. The molecule has 3 aromatic rings. The van der Waals surface area contributed by atoms with E-state index in [1.807, 2.05) is 6.92 Å². The first-order valence-corrected chi connectivity index (χ1v) is 10.3. The molecule has 5 rings (SSSR count). The van der Waals surface area contributed by atoms with E-state index in [1.54, 1.807) is 0 Å². The molecule has 2 aliphatic carbocycles. The van der Waals surface area contributed by atoms with Gasteiger partial charge in [0.2, 0.25) is 0 Å². The fraction of sp³-hybridized carbons (Fsp3) is 0.333. The summed E-state index contributed by atoms with van der Waals surface area (Å²) in [6.07, 6.45) is 4.51. The Morgan fingerprint density at radius 1 is 0.893 bits per heavy atom. The van der Waals surface area contributed by atoms with E-state index >= 15 is 0 Å². The highest BCUT2D eigenvalue weighted by Crippen LogP contribution is 2.55. The molecule has 0 saturated carbocycles. The maximum Gasteiger partial charge on any atom is 0.130 e. The van der Waals surface area contributed by atoms with Gasteiger partial charge in [-0.2, -0.15) is 0 Å². The van der Waals surface area contributed by atoms with Gasteiger partial charge in [0.15, 0.2) is 0 Å². The largest absolute Gasteiger partial charge is 0.462 e. The average Bonchev–Trinajstić information content (AvgIpc) is 3.29. The third-order valence-electron chi connectivity index (χ3n) is 6.56. The molecule has 0 bridgehead atoms. The van der Waals surface area contributed by atoms with Gasteiger partial charge in [-0.15, -0.1) is 0 Å². The minimum atomic E-state index is 0.164. The van der Waals surface area contributed by atoms with Crippen molar-refractivity contribution < 1.29 is 4.42 Å². The Morgan fingerprint density at radius 2 is 1.64 bits per heavy atom. The monoisotopic (exact) mass is 368 g/mol. The van der Waals surface area contributed by atoms with Crippen LogP contribution in [0.4, 0.5) is 0 Å². The molecule has 28 heavy (non-hydrogen) atoms. The zero-order valence-corrected chi connectivity index (χ0v) is 17.5. The number of allylic oxidation sites excluding steroid dienone is 1. The van der Waals surface area contributed by atoms with E-state index in [1.165, 1.54) is 45.4 Å². The van der Waals surface area contributed by atoms with E-state index in [4.69, 9.17) is 4.42 Å². The van der Waals surface area contributed by atoms with Crippen molar-refractivity contribution in [3.63, 3.8) is 0 Å². The van der Waals surface area contributed by atoms with E-state index in [0.717, 1.165) is 17.9 Å². The highest BCUT2D eigenvalue weighted by molar-refractivity contribution is 5.95. The third-order valence-corrected chi connectivity index (χ3v) is 6.56. The van der Waals surface area contributed by atoms with Gasteiger partial charge in [0.1, 0.15) is 11.5 Å². The number of aryl methyl sites for hydroxylation is 1. The summed E-state index contributed by atoms with van der Waals surface area (Å²) in [5, 5.41) is 0. The number of fused-ring (bicyclic) bond motifs is 2. The zero-order chi connectivity index (χ0) is 19.7. The Morgan fingerprint density at radius 3 is 2.32 bits per heavy atom. The van der Waals surface area contributed by atoms with Crippen molar-refractivity contribution in [2.75, 3.05) is 0 Å². The lowest BCUT2D eigenvalue weighted by Crippen LogP contribution is -2.18. The molecule has 1 nitrogen and oxygen atoms in total. The van der Waals surface area contributed by atoms with Crippen LogP contribution in [0.5, 0.6) is 0 Å². The lowest BCUT2D eigenvalue weighted by Gasteiger charge is -2.25. The molecular weight excluding hydrogens is 340 g/mol. The topological polar surface area (TPSA) is 13.1 Å². The summed E-state index contributed by atoms with van der Waals surface area (Å²) in [7, 11) is 0. The molecule has 0 saturated heterocycles. The first-order chi connectivity index (χ1) is 13.3. The zero-order valence-electron chi connectivity index (χ0n) is 17.5. The number of furan rings is 1. The Balaban J connectivity index is 1.80. The normalized spacial score (nSPS) is 18.7. The molecule has 0 atom stereocenters. The molecule has 142 valence electrons. The minimum Gasteiger partial charge on any atom is -0.462 e. The summed E-state index contributed by atoms with van der Waals surface area (Å²) in [5.74, 6) is 1.98. The standard InChI is InChI=1S/C27H28O/c1-17-11-12-23(28-17)20-13-19-15-22-25(27(4,5)16-26(22,2)3)24(21(19)14-20)18-9-7-6-8-10-18/h6-12,14-15H,13,16H2,1-5H3. The maximum atomic E-state index is 5.96. The Hall–Kier alpha value is -2.54. The first-order valence-electron chi connectivity index (χ1n) is 10.3. The summed E-state index contributed by atoms with van der Waals surface area (Å²) < 4.78 is 5.96. The molecule has 2 aromatic carbocycles. The molecule has 0 aliphatic heterocycles. The van der Waals surface area contributed by atoms with Gasteiger partial charge in [0.25, 0.3) is 0 Å². The second-order valence-corrected chi connectivity index (χ2v) is 9.81. The van der Waals surface area contributed by atoms with Crippen molar-refractivity contribution in [3.8, 4) is 11.1 Å². The summed E-state index contributed by atoms with van der Waals surface area (Å²) in [4.78, 5) is 0. The van der Waals surface area contributed by atoms with Crippen LogP contribution in [0.15, 0.2) is 52.9 Å². The van der Waals surface area contributed by atoms with Crippen LogP contribution in [-0.2, 0) is 17.3 Å². The molecule has 1 heteroatoms. The lowest BCUT2D eigenvalue weighted by atomic mass is 9.79. The Kier molecular flexibility index (Phi) is 3.59. The van der Waals surface area contributed by atoms with Crippen LogP contribution in [0.1, 0.15) is 67.9 Å². The molecule has 0 spiro atoms. The maximum absolute atomic E-state index is 5.96. The van der Waals surface area contributed by atoms with Crippen molar-refractivity contribution >= 4 is 11.6 Å². The predicted octanol–water partition coefficient (Wildman–Crippen LogP) is 7.31. The van der Waals surface area contributed by atoms with Gasteiger partial charge >= 0.3 is 0 Å². The fourth-order valence-corrected chi connectivity index (χ4v) is 5.69. The lowest BCUT2D eigenvalue weighted by molar-refractivity contribution is 0.403. The van der Waals surface area contributed by atoms with Crippen molar-refractivity contribution in [1.82, 2.24) is 0 Å². The van der Waals surface area contributed by atoms with E-state index in [2.05, 4.69) is 82.3 Å². The minimum absolute atomic E-state index is 0.164. The molecule has 1 aromatic heterocycles. The highest BCUT2D eigenvalue weighted by Gasteiger charge is 2.45. The van der Waals surface area contributed by atoms with Crippen LogP contribution >= 0.6 is 0 Å². The predicted molar refractivity (Wildman–Crippen MR) is 118 cm³/mol. The first kappa shape index (κ1) is 17.6. The van der Waals surface area contributed by atoms with Gasteiger partial charge in [0.05, 0.1) is 0 Å². The Labute approximate surface area is 168 Å². The van der Waals surface area contributed by atoms with Gasteiger partial charge in [0, 0.05) is 6.42 Å². The fourth-order valence-electron chi connectivity index (χ4n) is 5.69. The summed E-state index contributed by atoms with van der Waals surface area (Å²) >= 11 is 0. The van der Waals surface area contributed by atoms with Crippen molar-refractivity contribution in [2.24, 2.45) is 0 Å². The number of rotatable bonds is 2. The summed E-state index contributed by atoms with van der Waals surface area (Å²) in [6, 6.07) is 17.6. The molecule has 2 aliphatic rings. The summed E-state index contributed by atoms with van der Waals surface area (Å²) in [5.41, 5.74) is 10.3. The molecular formula is C27H28O. The molecule has 0 unspecified atom stereocenters. The quantitative estimate of drug-likeness (QED) is 0.462. The Bertz CT molecular complexity index is 1110. The van der Waals surface area contributed by atoms with Crippen molar-refractivity contribution in [1.29, 1.82) is 0 Å². The van der Waals surface area contributed by atoms with Crippen LogP contribution in [0, 0.1) is 6.92 Å². The van der Waals surface area contributed by atoms with Crippen LogP contribution < -0.4 is 0 Å². The van der Waals surface area contributed by atoms with E-state index in [-0.39, 0.29) is 10.8 Å². The van der Waals surface area contributed by atoms with E-state index in [9.17, 15) is 0 Å². The van der Waals surface area contributed by atoms with E-state index < -0.39 is 0 Å². The highest BCUT2D eigenvalue weighted by atomic mass is 16.3. The van der Waals surface area contributed by atoms with Crippen LogP contribution in [0.25, 0.3) is 22.8 Å². The number of benzene rings is 2. The van der Waals surface area contributed by atoms with E-state index in [0.29, 0.717) is 0 Å². The smallest absolute Gasteiger partial charge is 0.130 e. The third kappa shape index (κ3) is 2.53. The van der Waals surface area contributed by atoms with Gasteiger partial charge < -0.3 is 4.42 Å². The van der Waals surface area contributed by atoms with Crippen LogP contribution in [0.2, 0.25) is 0 Å². The SMILES string of the molecule is Cc1ccc(C2=Cc3c(cc4c(c3-c3ccccc3)C(C)(C)CC4(C)C)C2)o1. The second-order valence-electron chi connectivity index (χ2n) is 9.81.